The average Bonchev–Trinajstić information content (AvgIpc) is 3.31. The highest BCUT2D eigenvalue weighted by atomic mass is 16.5. The van der Waals surface area contributed by atoms with Crippen LogP contribution in [0.2, 0.25) is 0 Å². The van der Waals surface area contributed by atoms with E-state index in [-0.39, 0.29) is 54.0 Å². The van der Waals surface area contributed by atoms with Gasteiger partial charge in [0.15, 0.2) is 0 Å². The summed E-state index contributed by atoms with van der Waals surface area (Å²) in [6.45, 7) is 11.0. The maximum absolute atomic E-state index is 13.8. The molecule has 7 atom stereocenters. The molecule has 0 spiro atoms. The molecule has 1 saturated heterocycles. The van der Waals surface area contributed by atoms with Crippen LogP contribution in [0.1, 0.15) is 66.7 Å². The van der Waals surface area contributed by atoms with Crippen molar-refractivity contribution in [1.29, 1.82) is 0 Å². The maximum Gasteiger partial charge on any atom is 0.239 e. The van der Waals surface area contributed by atoms with E-state index in [2.05, 4.69) is 31.3 Å². The Morgan fingerprint density at radius 1 is 1.05 bits per heavy atom. The zero-order valence-corrected chi connectivity index (χ0v) is 27.1. The van der Waals surface area contributed by atoms with Crippen LogP contribution in [0.15, 0.2) is 36.5 Å². The van der Waals surface area contributed by atoms with Crippen LogP contribution in [0.3, 0.4) is 0 Å². The first-order valence-electron chi connectivity index (χ1n) is 15.6. The van der Waals surface area contributed by atoms with Crippen molar-refractivity contribution in [2.75, 3.05) is 34.4 Å². The highest BCUT2D eigenvalue weighted by molar-refractivity contribution is 5.82. The van der Waals surface area contributed by atoms with Gasteiger partial charge in [-0.2, -0.15) is 0 Å². The molecule has 1 aliphatic carbocycles. The van der Waals surface area contributed by atoms with E-state index in [9.17, 15) is 14.4 Å². The lowest BCUT2D eigenvalue weighted by Crippen LogP contribution is -2.56. The number of likely N-dealkylation sites (tertiary alicyclic amines) is 1. The van der Waals surface area contributed by atoms with Crippen LogP contribution < -0.4 is 11.1 Å². The lowest BCUT2D eigenvalue weighted by molar-refractivity contribution is -0.146. The average molecular weight is 589 g/mol. The molecule has 1 aliphatic heterocycles. The molecule has 0 aromatic heterocycles. The first-order valence-corrected chi connectivity index (χ1v) is 15.6. The number of nitrogens with one attached hydrogen (secondary N) is 1. The van der Waals surface area contributed by atoms with Crippen LogP contribution in [0.4, 0.5) is 0 Å². The molecule has 2 rings (SSSR count). The summed E-state index contributed by atoms with van der Waals surface area (Å²) in [7, 11) is 4.97. The Morgan fingerprint density at radius 2 is 1.69 bits per heavy atom. The summed E-state index contributed by atoms with van der Waals surface area (Å²) >= 11 is 0. The Morgan fingerprint density at radius 3 is 2.24 bits per heavy atom. The third-order valence-corrected chi connectivity index (χ3v) is 9.09. The molecular formula is C33H56N4O5. The number of nitrogens with zero attached hydrogens (tertiary/aromatic N) is 2. The van der Waals surface area contributed by atoms with Gasteiger partial charge in [-0.15, -0.1) is 0 Å². The van der Waals surface area contributed by atoms with Crippen LogP contribution in [0.25, 0.3) is 0 Å². The molecular weight excluding hydrogens is 532 g/mol. The fourth-order valence-corrected chi connectivity index (χ4v) is 6.15. The van der Waals surface area contributed by atoms with Crippen molar-refractivity contribution in [3.05, 3.63) is 36.5 Å². The molecule has 42 heavy (non-hydrogen) atoms. The summed E-state index contributed by atoms with van der Waals surface area (Å²) in [6.07, 6.45) is 14.7. The highest BCUT2D eigenvalue weighted by Gasteiger charge is 2.42. The van der Waals surface area contributed by atoms with Crippen LogP contribution in [0, 0.1) is 23.7 Å². The van der Waals surface area contributed by atoms with Gasteiger partial charge < -0.3 is 30.3 Å². The number of hydrogen-bond donors (Lipinski definition) is 2. The van der Waals surface area contributed by atoms with Gasteiger partial charge in [0, 0.05) is 34.4 Å². The molecule has 0 bridgehead atoms. The summed E-state index contributed by atoms with van der Waals surface area (Å²) in [5.41, 5.74) is 6.21. The van der Waals surface area contributed by atoms with Crippen molar-refractivity contribution >= 4 is 17.7 Å². The third-order valence-electron chi connectivity index (χ3n) is 9.09. The highest BCUT2D eigenvalue weighted by Crippen LogP contribution is 2.29. The van der Waals surface area contributed by atoms with Crippen molar-refractivity contribution in [2.45, 2.75) is 97.1 Å². The molecule has 0 aromatic carbocycles. The number of amides is 3. The van der Waals surface area contributed by atoms with Gasteiger partial charge in [-0.25, -0.2) is 0 Å². The molecule has 1 fully saturated rings. The lowest BCUT2D eigenvalue weighted by atomic mass is 9.89. The largest absolute Gasteiger partial charge is 0.379 e. The molecule has 4 unspecified atom stereocenters. The van der Waals surface area contributed by atoms with Gasteiger partial charge in [0.25, 0.3) is 0 Å². The summed E-state index contributed by atoms with van der Waals surface area (Å²) in [5, 5.41) is 3.07. The Balaban J connectivity index is 2.10. The number of allylic oxidation sites excluding steroid dienone is 6. The monoisotopic (exact) mass is 588 g/mol. The van der Waals surface area contributed by atoms with E-state index < -0.39 is 24.2 Å². The van der Waals surface area contributed by atoms with Crippen molar-refractivity contribution < 1.29 is 23.9 Å². The number of ether oxygens (including phenoxy) is 2. The summed E-state index contributed by atoms with van der Waals surface area (Å²) in [5.74, 6) is -0.329. The van der Waals surface area contributed by atoms with E-state index in [0.717, 1.165) is 25.7 Å². The quantitative estimate of drug-likeness (QED) is 0.284. The molecule has 3 amide bonds. The first-order chi connectivity index (χ1) is 20.0. The van der Waals surface area contributed by atoms with Crippen LogP contribution in [-0.2, 0) is 23.9 Å². The molecule has 0 radical (unpaired) electrons. The van der Waals surface area contributed by atoms with Crippen molar-refractivity contribution in [3.63, 3.8) is 0 Å². The fraction of sp³-hybridized carbons (Fsp3) is 0.727. The normalized spacial score (nSPS) is 21.5. The molecule has 9 heteroatoms. The second kappa shape index (κ2) is 17.6. The van der Waals surface area contributed by atoms with E-state index in [1.54, 1.807) is 26.2 Å². The van der Waals surface area contributed by atoms with Crippen molar-refractivity contribution in [2.24, 2.45) is 29.4 Å². The SMILES string of the molecule is CCC(C)C([C@@H](CC(=O)N1CCC[C@H]1C(OC)C(C)C(=O)NCCC1C=CC=CC=C1)OC)N(C)C(=O)[C@@H](N)C(C)C. The third kappa shape index (κ3) is 9.51. The van der Waals surface area contributed by atoms with E-state index in [4.69, 9.17) is 15.2 Å². The Kier molecular flexibility index (Phi) is 14.9. The number of likely N-dealkylation sites (N-methyl/N-ethyl adjacent to an activating group) is 1. The number of nitrogens with two attached hydrogens (primary N) is 1. The van der Waals surface area contributed by atoms with Crippen LogP contribution in [-0.4, -0.2) is 92.2 Å². The molecule has 2 aliphatic rings. The minimum atomic E-state index is -0.620. The summed E-state index contributed by atoms with van der Waals surface area (Å²) in [4.78, 5) is 43.7. The second-order valence-corrected chi connectivity index (χ2v) is 12.3. The van der Waals surface area contributed by atoms with Gasteiger partial charge in [0.1, 0.15) is 0 Å². The zero-order chi connectivity index (χ0) is 31.4. The van der Waals surface area contributed by atoms with Gasteiger partial charge >= 0.3 is 0 Å². The molecule has 3 N–H and O–H groups in total. The van der Waals surface area contributed by atoms with Gasteiger partial charge in [-0.3, -0.25) is 14.4 Å². The minimum Gasteiger partial charge on any atom is -0.379 e. The Hall–Kier alpha value is -2.49. The number of rotatable bonds is 16. The number of carbonyl (C=O) groups excluding carboxylic acids is 3. The lowest BCUT2D eigenvalue weighted by Gasteiger charge is -2.40. The second-order valence-electron chi connectivity index (χ2n) is 12.3. The predicted octanol–water partition coefficient (Wildman–Crippen LogP) is 3.69. The summed E-state index contributed by atoms with van der Waals surface area (Å²) in [6, 6.07) is -1.14. The smallest absolute Gasteiger partial charge is 0.239 e. The van der Waals surface area contributed by atoms with Crippen molar-refractivity contribution in [1.82, 2.24) is 15.1 Å². The van der Waals surface area contributed by atoms with Gasteiger partial charge in [-0.05, 0) is 37.0 Å². The molecule has 238 valence electrons. The number of methoxy groups -OCH3 is 2. The van der Waals surface area contributed by atoms with E-state index >= 15 is 0 Å². The summed E-state index contributed by atoms with van der Waals surface area (Å²) < 4.78 is 11.8. The first kappa shape index (κ1) is 35.7. The molecule has 9 nitrogen and oxygen atoms in total. The predicted molar refractivity (Wildman–Crippen MR) is 167 cm³/mol. The van der Waals surface area contributed by atoms with Gasteiger partial charge in [0.05, 0.1) is 42.7 Å². The molecule has 1 heterocycles. The van der Waals surface area contributed by atoms with E-state index in [1.807, 2.05) is 50.0 Å². The van der Waals surface area contributed by atoms with Gasteiger partial charge in [-0.1, -0.05) is 77.5 Å². The fourth-order valence-electron chi connectivity index (χ4n) is 6.15. The van der Waals surface area contributed by atoms with Crippen LogP contribution >= 0.6 is 0 Å². The minimum absolute atomic E-state index is 0.00142. The van der Waals surface area contributed by atoms with Crippen LogP contribution in [0.5, 0.6) is 0 Å². The van der Waals surface area contributed by atoms with E-state index in [0.29, 0.717) is 13.1 Å². The maximum atomic E-state index is 13.8. The standard InChI is InChI=1S/C33H56N4O5/c1-9-23(4)30(36(6)33(40)29(34)22(2)3)27(41-7)21-28(38)37-20-14-17-26(37)31(42-8)24(5)32(39)35-19-18-25-15-12-10-11-13-16-25/h10-13,15-16,22-27,29-31H,9,14,17-21,34H2,1-8H3,(H,35,39)/t23?,24?,26-,27+,29-,30?,31?/m0/s1. The Labute approximate surface area is 253 Å². The Bertz CT molecular complexity index is 948. The van der Waals surface area contributed by atoms with Gasteiger partial charge in [0.2, 0.25) is 17.7 Å². The van der Waals surface area contributed by atoms with E-state index in [1.165, 1.54) is 0 Å². The topological polar surface area (TPSA) is 114 Å². The number of carbonyl (C=O) groups is 3. The number of hydrogen-bond acceptors (Lipinski definition) is 6. The zero-order valence-electron chi connectivity index (χ0n) is 27.1. The van der Waals surface area contributed by atoms with Crippen molar-refractivity contribution in [3.8, 4) is 0 Å². The molecule has 0 saturated carbocycles. The molecule has 0 aromatic rings.